The average molecular weight is 492 g/mol. The predicted molar refractivity (Wildman–Crippen MR) is 137 cm³/mol. The molecule has 180 valence electrons. The first-order valence-electron chi connectivity index (χ1n) is 11.5. The van der Waals surface area contributed by atoms with Gasteiger partial charge in [0.05, 0.1) is 62.1 Å². The molecule has 10 heteroatoms. The molecule has 0 radical (unpaired) electrons. The third kappa shape index (κ3) is 4.53. The Bertz CT molecular complexity index is 1320. The van der Waals surface area contributed by atoms with Crippen molar-refractivity contribution in [1.82, 2.24) is 15.0 Å². The molecule has 1 atom stereocenters. The monoisotopic (exact) mass is 491 g/mol. The van der Waals surface area contributed by atoms with Crippen molar-refractivity contribution in [2.45, 2.75) is 13.8 Å². The quantitative estimate of drug-likeness (QED) is 0.426. The number of nitriles is 1. The summed E-state index contributed by atoms with van der Waals surface area (Å²) in [7, 11) is -1.77. The summed E-state index contributed by atoms with van der Waals surface area (Å²) in [5, 5.41) is 27.4. The molecule has 9 nitrogen and oxygen atoms in total. The standard InChI is InChI=1S/C25H28N6O3P/c1-15-6-21(16(2)29-24(15)34-12-17-10-33-11-17)31-25-27-5-4-20(30-25)18-7-19(9-26)23-22(8-18)35(3,14-32)13-28-23/h4-8,17,28,32H,10-14H2,1-3H3,(H,27,30,31)/q+1. The Kier molecular flexibility index (Phi) is 6.28. The van der Waals surface area contributed by atoms with Crippen LogP contribution in [0.15, 0.2) is 30.5 Å². The minimum Gasteiger partial charge on any atom is -0.477 e. The summed E-state index contributed by atoms with van der Waals surface area (Å²) < 4.78 is 11.1. The third-order valence-corrected chi connectivity index (χ3v) is 9.45. The third-order valence-electron chi connectivity index (χ3n) is 6.45. The van der Waals surface area contributed by atoms with E-state index in [1.807, 2.05) is 38.1 Å². The van der Waals surface area contributed by atoms with E-state index in [1.54, 1.807) is 6.20 Å². The molecule has 0 saturated carbocycles. The molecule has 1 aromatic carbocycles. The van der Waals surface area contributed by atoms with Gasteiger partial charge < -0.3 is 25.2 Å². The van der Waals surface area contributed by atoms with E-state index in [2.05, 4.69) is 33.3 Å². The molecule has 4 heterocycles. The molecule has 3 aromatic rings. The van der Waals surface area contributed by atoms with Gasteiger partial charge in [-0.1, -0.05) is 0 Å². The Morgan fingerprint density at radius 1 is 1.29 bits per heavy atom. The van der Waals surface area contributed by atoms with Crippen molar-refractivity contribution in [1.29, 1.82) is 5.26 Å². The van der Waals surface area contributed by atoms with Gasteiger partial charge >= 0.3 is 0 Å². The first-order valence-corrected chi connectivity index (χ1v) is 14.1. The number of aryl methyl sites for hydroxylation is 2. The Morgan fingerprint density at radius 2 is 2.11 bits per heavy atom. The number of benzene rings is 1. The van der Waals surface area contributed by atoms with Gasteiger partial charge in [-0.3, -0.25) is 0 Å². The number of nitrogens with one attached hydrogen (secondary N) is 2. The Hall–Kier alpha value is -3.31. The largest absolute Gasteiger partial charge is 0.477 e. The summed E-state index contributed by atoms with van der Waals surface area (Å²) in [5.74, 6) is 1.49. The fourth-order valence-electron chi connectivity index (χ4n) is 4.17. The van der Waals surface area contributed by atoms with Crippen LogP contribution in [0, 0.1) is 31.1 Å². The van der Waals surface area contributed by atoms with Crippen molar-refractivity contribution in [3.05, 3.63) is 47.3 Å². The summed E-state index contributed by atoms with van der Waals surface area (Å²) in [5.41, 5.74) is 5.41. The van der Waals surface area contributed by atoms with Crippen molar-refractivity contribution in [3.8, 4) is 23.2 Å². The van der Waals surface area contributed by atoms with Crippen LogP contribution in [0.1, 0.15) is 16.8 Å². The zero-order valence-corrected chi connectivity index (χ0v) is 20.9. The van der Waals surface area contributed by atoms with Crippen LogP contribution in [0.4, 0.5) is 17.3 Å². The maximum atomic E-state index is 10.0. The lowest BCUT2D eigenvalue weighted by Gasteiger charge is -2.25. The molecule has 2 aromatic heterocycles. The number of anilines is 3. The van der Waals surface area contributed by atoms with Crippen LogP contribution >= 0.6 is 7.26 Å². The Morgan fingerprint density at radius 3 is 2.83 bits per heavy atom. The molecule has 35 heavy (non-hydrogen) atoms. The zero-order chi connectivity index (χ0) is 24.6. The lowest BCUT2D eigenvalue weighted by atomic mass is 10.1. The van der Waals surface area contributed by atoms with E-state index < -0.39 is 7.26 Å². The molecular weight excluding hydrogens is 463 g/mol. The normalized spacial score (nSPS) is 18.8. The summed E-state index contributed by atoms with van der Waals surface area (Å²) in [6.45, 7) is 8.05. The van der Waals surface area contributed by atoms with Crippen LogP contribution in [-0.2, 0) is 4.74 Å². The van der Waals surface area contributed by atoms with Crippen molar-refractivity contribution < 1.29 is 14.6 Å². The van der Waals surface area contributed by atoms with Gasteiger partial charge in [-0.25, -0.2) is 15.0 Å². The van der Waals surface area contributed by atoms with Crippen LogP contribution < -0.4 is 20.7 Å². The van der Waals surface area contributed by atoms with Crippen LogP contribution in [0.2, 0.25) is 0 Å². The van der Waals surface area contributed by atoms with Gasteiger partial charge in [-0.2, -0.15) is 5.26 Å². The molecule has 0 spiro atoms. The van der Waals surface area contributed by atoms with Crippen LogP contribution in [0.25, 0.3) is 11.3 Å². The maximum Gasteiger partial charge on any atom is 0.227 e. The molecular formula is C25H28N6O3P+. The number of aliphatic hydroxyl groups excluding tert-OH is 1. The fraction of sp³-hybridized carbons (Fsp3) is 0.360. The summed E-state index contributed by atoms with van der Waals surface area (Å²) in [6, 6.07) is 9.97. The molecule has 0 amide bonds. The number of ether oxygens (including phenoxy) is 2. The first-order chi connectivity index (χ1) is 16.9. The molecule has 1 fully saturated rings. The minimum absolute atomic E-state index is 0.0949. The van der Waals surface area contributed by atoms with E-state index in [9.17, 15) is 10.4 Å². The number of pyridine rings is 1. The van der Waals surface area contributed by atoms with Crippen LogP contribution in [-0.4, -0.2) is 59.2 Å². The van der Waals surface area contributed by atoms with Crippen molar-refractivity contribution >= 4 is 29.9 Å². The highest BCUT2D eigenvalue weighted by Gasteiger charge is 2.43. The summed E-state index contributed by atoms with van der Waals surface area (Å²) in [4.78, 5) is 13.7. The number of hydrogen-bond donors (Lipinski definition) is 3. The number of aliphatic hydroxyl groups is 1. The van der Waals surface area contributed by atoms with Crippen LogP contribution in [0.3, 0.4) is 0 Å². The van der Waals surface area contributed by atoms with Gasteiger partial charge in [-0.15, -0.1) is 0 Å². The highest BCUT2D eigenvalue weighted by molar-refractivity contribution is 7.83. The number of nitrogens with zero attached hydrogens (tertiary/aromatic N) is 4. The van der Waals surface area contributed by atoms with Gasteiger partial charge in [0.25, 0.3) is 0 Å². The Labute approximate surface area is 204 Å². The van der Waals surface area contributed by atoms with E-state index in [1.165, 1.54) is 0 Å². The van der Waals surface area contributed by atoms with Gasteiger partial charge in [0.1, 0.15) is 17.7 Å². The number of fused-ring (bicyclic) bond motifs is 1. The molecule has 3 N–H and O–H groups in total. The highest BCUT2D eigenvalue weighted by atomic mass is 31.2. The molecule has 2 aliphatic heterocycles. The topological polar surface area (TPSA) is 125 Å². The molecule has 5 rings (SSSR count). The number of aromatic nitrogens is 3. The van der Waals surface area contributed by atoms with Crippen molar-refractivity contribution in [2.24, 2.45) is 5.92 Å². The zero-order valence-electron chi connectivity index (χ0n) is 20.0. The minimum atomic E-state index is -1.77. The second kappa shape index (κ2) is 9.38. The van der Waals surface area contributed by atoms with Gasteiger partial charge in [-0.05, 0) is 38.1 Å². The molecule has 0 bridgehead atoms. The van der Waals surface area contributed by atoms with E-state index in [4.69, 9.17) is 14.5 Å². The predicted octanol–water partition coefficient (Wildman–Crippen LogP) is 3.40. The van der Waals surface area contributed by atoms with Gasteiger partial charge in [0, 0.05) is 23.2 Å². The first kappa shape index (κ1) is 23.4. The Balaban J connectivity index is 1.41. The fourth-order valence-corrected chi connectivity index (χ4v) is 6.29. The smallest absolute Gasteiger partial charge is 0.227 e. The number of rotatable bonds is 7. The van der Waals surface area contributed by atoms with E-state index in [-0.39, 0.29) is 6.35 Å². The molecule has 1 unspecified atom stereocenters. The summed E-state index contributed by atoms with van der Waals surface area (Å²) >= 11 is 0. The van der Waals surface area contributed by atoms with E-state index >= 15 is 0 Å². The lowest BCUT2D eigenvalue weighted by molar-refractivity contribution is -0.0515. The lowest BCUT2D eigenvalue weighted by Crippen LogP contribution is -2.32. The van der Waals surface area contributed by atoms with E-state index in [0.29, 0.717) is 41.9 Å². The number of hydrogen-bond acceptors (Lipinski definition) is 9. The average Bonchev–Trinajstić information content (AvgIpc) is 3.18. The maximum absolute atomic E-state index is 10.0. The molecule has 2 aliphatic rings. The molecule has 0 aliphatic carbocycles. The van der Waals surface area contributed by atoms with Crippen molar-refractivity contribution in [3.63, 3.8) is 0 Å². The van der Waals surface area contributed by atoms with Gasteiger partial charge in [0.2, 0.25) is 11.8 Å². The molecule has 1 saturated heterocycles. The second-order valence-corrected chi connectivity index (χ2v) is 13.1. The van der Waals surface area contributed by atoms with Gasteiger partial charge in [0.15, 0.2) is 6.35 Å². The van der Waals surface area contributed by atoms with Crippen molar-refractivity contribution in [2.75, 3.05) is 49.8 Å². The summed E-state index contributed by atoms with van der Waals surface area (Å²) in [6.07, 6.45) is 2.47. The van der Waals surface area contributed by atoms with Crippen LogP contribution in [0.5, 0.6) is 5.88 Å². The second-order valence-electron chi connectivity index (χ2n) is 9.25. The van der Waals surface area contributed by atoms with E-state index in [0.717, 1.165) is 46.7 Å². The highest BCUT2D eigenvalue weighted by Crippen LogP contribution is 2.58. The SMILES string of the molecule is Cc1cc(Nc2nccc(-c3cc(C#N)c4c(c3)[P+](C)(CO)CN4)n2)c(C)nc1OCC1COC1.